The minimum atomic E-state index is -0.190. The highest BCUT2D eigenvalue weighted by Gasteiger charge is 2.12. The van der Waals surface area contributed by atoms with E-state index in [2.05, 4.69) is 10.5 Å². The van der Waals surface area contributed by atoms with Crippen molar-refractivity contribution in [2.24, 2.45) is 0 Å². The number of benzene rings is 1. The number of carbonyl (C=O) groups is 2. The molecule has 1 N–H and O–H groups in total. The molecule has 122 valence electrons. The van der Waals surface area contributed by atoms with Crippen molar-refractivity contribution in [3.63, 3.8) is 0 Å². The summed E-state index contributed by atoms with van der Waals surface area (Å²) in [6.07, 6.45) is 0.991. The summed E-state index contributed by atoms with van der Waals surface area (Å²) >= 11 is 0. The van der Waals surface area contributed by atoms with Gasteiger partial charge in [-0.05, 0) is 18.9 Å². The average molecular weight is 315 g/mol. The molecule has 2 amide bonds. The molecule has 0 radical (unpaired) electrons. The molecule has 2 rings (SSSR count). The third-order valence-corrected chi connectivity index (χ3v) is 3.46. The van der Waals surface area contributed by atoms with E-state index in [-0.39, 0.29) is 18.2 Å². The number of aryl methyl sites for hydroxylation is 1. The molecule has 0 saturated heterocycles. The van der Waals surface area contributed by atoms with Gasteiger partial charge in [0.05, 0.1) is 0 Å². The monoisotopic (exact) mass is 315 g/mol. The van der Waals surface area contributed by atoms with Crippen molar-refractivity contribution in [1.82, 2.24) is 10.1 Å². The van der Waals surface area contributed by atoms with Crippen LogP contribution in [0.15, 0.2) is 40.9 Å². The fourth-order valence-corrected chi connectivity index (χ4v) is 2.20. The summed E-state index contributed by atoms with van der Waals surface area (Å²) < 4.78 is 4.89. The van der Waals surface area contributed by atoms with Crippen LogP contribution in [-0.2, 0) is 16.0 Å². The number of rotatable bonds is 7. The third-order valence-electron chi connectivity index (χ3n) is 3.46. The van der Waals surface area contributed by atoms with Gasteiger partial charge in [0.25, 0.3) is 0 Å². The van der Waals surface area contributed by atoms with E-state index in [1.165, 1.54) is 12.5 Å². The second-order valence-electron chi connectivity index (χ2n) is 5.36. The maximum atomic E-state index is 11.9. The number of carbonyl (C=O) groups excluding carboxylic acids is 2. The van der Waals surface area contributed by atoms with Gasteiger partial charge in [0.2, 0.25) is 11.8 Å². The lowest BCUT2D eigenvalue weighted by atomic mass is 10.1. The summed E-state index contributed by atoms with van der Waals surface area (Å²) in [7, 11) is 0. The first kappa shape index (κ1) is 16.7. The summed E-state index contributed by atoms with van der Waals surface area (Å²) in [5.74, 6) is 0.801. The summed E-state index contributed by atoms with van der Waals surface area (Å²) in [6.45, 7) is 4.24. The molecule has 0 fully saturated rings. The minimum absolute atomic E-state index is 0.0361. The van der Waals surface area contributed by atoms with Crippen LogP contribution >= 0.6 is 0 Å². The Labute approximate surface area is 135 Å². The van der Waals surface area contributed by atoms with Crippen molar-refractivity contribution < 1.29 is 14.1 Å². The van der Waals surface area contributed by atoms with Crippen LogP contribution in [0.25, 0.3) is 0 Å². The van der Waals surface area contributed by atoms with Gasteiger partial charge in [-0.15, -0.1) is 0 Å². The van der Waals surface area contributed by atoms with Gasteiger partial charge in [-0.25, -0.2) is 0 Å². The van der Waals surface area contributed by atoms with Crippen molar-refractivity contribution >= 4 is 17.6 Å². The van der Waals surface area contributed by atoms with Crippen molar-refractivity contribution in [3.05, 3.63) is 47.7 Å². The molecule has 6 heteroatoms. The Kier molecular flexibility index (Phi) is 5.91. The van der Waals surface area contributed by atoms with E-state index in [1.54, 1.807) is 17.9 Å². The highest BCUT2D eigenvalue weighted by Crippen LogP contribution is 2.08. The topological polar surface area (TPSA) is 75.4 Å². The maximum absolute atomic E-state index is 11.9. The fourth-order valence-electron chi connectivity index (χ4n) is 2.20. The molecule has 0 aliphatic heterocycles. The van der Waals surface area contributed by atoms with E-state index in [4.69, 9.17) is 4.52 Å². The predicted octanol–water partition coefficient (Wildman–Crippen LogP) is 2.40. The lowest BCUT2D eigenvalue weighted by Crippen LogP contribution is -2.33. The highest BCUT2D eigenvalue weighted by molar-refractivity contribution is 5.90. The molecular formula is C17H21N3O3. The molecule has 0 aliphatic rings. The smallest absolute Gasteiger partial charge is 0.227 e. The number of nitrogens with one attached hydrogen (secondary N) is 1. The molecule has 1 aromatic heterocycles. The van der Waals surface area contributed by atoms with Gasteiger partial charge in [0.1, 0.15) is 5.76 Å². The lowest BCUT2D eigenvalue weighted by Gasteiger charge is -2.20. The Balaban J connectivity index is 1.80. The number of aromatic nitrogens is 1. The molecule has 0 bridgehead atoms. The zero-order valence-corrected chi connectivity index (χ0v) is 13.4. The van der Waals surface area contributed by atoms with Crippen LogP contribution in [0.3, 0.4) is 0 Å². The van der Waals surface area contributed by atoms with E-state index in [9.17, 15) is 9.59 Å². The SMILES string of the molecule is CC(=O)N(CCC(=O)Nc1cc(C)on1)CCc1ccccc1. The predicted molar refractivity (Wildman–Crippen MR) is 86.9 cm³/mol. The summed E-state index contributed by atoms with van der Waals surface area (Å²) in [4.78, 5) is 25.3. The summed E-state index contributed by atoms with van der Waals surface area (Å²) in [5, 5.41) is 6.36. The Morgan fingerprint density at radius 2 is 1.96 bits per heavy atom. The number of amides is 2. The van der Waals surface area contributed by atoms with Crippen molar-refractivity contribution in [2.75, 3.05) is 18.4 Å². The van der Waals surface area contributed by atoms with Gasteiger partial charge in [0, 0.05) is 32.5 Å². The van der Waals surface area contributed by atoms with Crippen LogP contribution in [0.1, 0.15) is 24.7 Å². The van der Waals surface area contributed by atoms with Gasteiger partial charge in [-0.1, -0.05) is 35.5 Å². The van der Waals surface area contributed by atoms with Gasteiger partial charge < -0.3 is 14.7 Å². The van der Waals surface area contributed by atoms with Gasteiger partial charge >= 0.3 is 0 Å². The molecule has 0 unspecified atom stereocenters. The van der Waals surface area contributed by atoms with Gasteiger partial charge in [-0.2, -0.15) is 0 Å². The van der Waals surface area contributed by atoms with E-state index < -0.39 is 0 Å². The Morgan fingerprint density at radius 1 is 1.22 bits per heavy atom. The van der Waals surface area contributed by atoms with E-state index in [1.807, 2.05) is 30.3 Å². The molecule has 0 atom stereocenters. The van der Waals surface area contributed by atoms with E-state index in [0.29, 0.717) is 24.7 Å². The number of hydrogen-bond donors (Lipinski definition) is 1. The summed E-state index contributed by atoms with van der Waals surface area (Å²) in [6, 6.07) is 11.6. The number of anilines is 1. The van der Waals surface area contributed by atoms with Crippen LogP contribution < -0.4 is 5.32 Å². The normalized spacial score (nSPS) is 10.3. The molecule has 2 aromatic rings. The van der Waals surface area contributed by atoms with Gasteiger partial charge in [0.15, 0.2) is 5.82 Å². The first-order chi connectivity index (χ1) is 11.0. The number of hydrogen-bond acceptors (Lipinski definition) is 4. The van der Waals surface area contributed by atoms with Crippen molar-refractivity contribution in [1.29, 1.82) is 0 Å². The maximum Gasteiger partial charge on any atom is 0.227 e. The molecular weight excluding hydrogens is 294 g/mol. The van der Waals surface area contributed by atoms with Crippen LogP contribution in [-0.4, -0.2) is 35.0 Å². The fraction of sp³-hybridized carbons (Fsp3) is 0.353. The minimum Gasteiger partial charge on any atom is -0.360 e. The zero-order chi connectivity index (χ0) is 16.7. The summed E-state index contributed by atoms with van der Waals surface area (Å²) in [5.41, 5.74) is 1.17. The first-order valence-corrected chi connectivity index (χ1v) is 7.57. The van der Waals surface area contributed by atoms with E-state index >= 15 is 0 Å². The molecule has 23 heavy (non-hydrogen) atoms. The van der Waals surface area contributed by atoms with Crippen molar-refractivity contribution in [3.8, 4) is 0 Å². The zero-order valence-electron chi connectivity index (χ0n) is 13.4. The molecule has 0 spiro atoms. The number of nitrogens with zero attached hydrogens (tertiary/aromatic N) is 2. The lowest BCUT2D eigenvalue weighted by molar-refractivity contribution is -0.129. The van der Waals surface area contributed by atoms with Crippen LogP contribution in [0.5, 0.6) is 0 Å². The molecule has 6 nitrogen and oxygen atoms in total. The van der Waals surface area contributed by atoms with Crippen LogP contribution in [0.4, 0.5) is 5.82 Å². The molecule has 1 heterocycles. The highest BCUT2D eigenvalue weighted by atomic mass is 16.5. The quantitative estimate of drug-likeness (QED) is 0.851. The van der Waals surface area contributed by atoms with Crippen LogP contribution in [0, 0.1) is 6.92 Å². The second-order valence-corrected chi connectivity index (χ2v) is 5.36. The molecule has 1 aromatic carbocycles. The Morgan fingerprint density at radius 3 is 2.57 bits per heavy atom. The largest absolute Gasteiger partial charge is 0.360 e. The first-order valence-electron chi connectivity index (χ1n) is 7.57. The molecule has 0 saturated carbocycles. The Hall–Kier alpha value is -2.63. The second kappa shape index (κ2) is 8.12. The average Bonchev–Trinajstić information content (AvgIpc) is 2.93. The van der Waals surface area contributed by atoms with Gasteiger partial charge in [-0.3, -0.25) is 9.59 Å². The standard InChI is InChI=1S/C17H21N3O3/c1-13-12-16(19-23-13)18-17(22)9-11-20(14(2)21)10-8-15-6-4-3-5-7-15/h3-7,12H,8-11H2,1-2H3,(H,18,19,22). The van der Waals surface area contributed by atoms with E-state index in [0.717, 1.165) is 6.42 Å². The molecule has 0 aliphatic carbocycles. The van der Waals surface area contributed by atoms with Crippen LogP contribution in [0.2, 0.25) is 0 Å². The van der Waals surface area contributed by atoms with Crippen molar-refractivity contribution in [2.45, 2.75) is 26.7 Å². The Bertz CT molecular complexity index is 652. The third kappa shape index (κ3) is 5.58.